The van der Waals surface area contributed by atoms with E-state index in [1.807, 2.05) is 18.2 Å². The Morgan fingerprint density at radius 3 is 2.59 bits per heavy atom. The summed E-state index contributed by atoms with van der Waals surface area (Å²) in [5, 5.41) is 2.76. The van der Waals surface area contributed by atoms with E-state index < -0.39 is 0 Å². The minimum absolute atomic E-state index is 0.0450. The van der Waals surface area contributed by atoms with Crippen LogP contribution < -0.4 is 14.8 Å². The zero-order chi connectivity index (χ0) is 21.1. The molecule has 0 fully saturated rings. The Bertz CT molecular complexity index is 858. The third-order valence-electron chi connectivity index (χ3n) is 4.41. The van der Waals surface area contributed by atoms with Crippen molar-refractivity contribution in [1.82, 2.24) is 0 Å². The molecule has 5 heteroatoms. The van der Waals surface area contributed by atoms with Crippen molar-refractivity contribution in [3.8, 4) is 11.5 Å². The average molecular weight is 395 g/mol. The number of Topliss-reactive ketones (excluding diaryl/α,β-unsaturated/α-hetero) is 1. The number of ketones is 1. The number of anilines is 1. The first-order chi connectivity index (χ1) is 14.0. The van der Waals surface area contributed by atoms with Gasteiger partial charge in [-0.25, -0.2) is 0 Å². The smallest absolute Gasteiger partial charge is 0.248 e. The van der Waals surface area contributed by atoms with E-state index in [0.717, 1.165) is 18.4 Å². The van der Waals surface area contributed by atoms with Crippen LogP contribution in [0.4, 0.5) is 5.69 Å². The second-order valence-electron chi connectivity index (χ2n) is 6.78. The lowest BCUT2D eigenvalue weighted by Gasteiger charge is -2.11. The molecule has 0 spiro atoms. The van der Waals surface area contributed by atoms with Crippen LogP contribution in [0.2, 0.25) is 0 Å². The summed E-state index contributed by atoms with van der Waals surface area (Å²) in [4.78, 5) is 23.6. The van der Waals surface area contributed by atoms with Gasteiger partial charge in [0.2, 0.25) is 5.91 Å². The first-order valence-electron chi connectivity index (χ1n) is 9.94. The Morgan fingerprint density at radius 1 is 1.03 bits per heavy atom. The Balaban J connectivity index is 1.96. The van der Waals surface area contributed by atoms with Gasteiger partial charge in [-0.3, -0.25) is 9.59 Å². The van der Waals surface area contributed by atoms with E-state index in [1.54, 1.807) is 37.5 Å². The number of amides is 1. The third kappa shape index (κ3) is 7.45. The summed E-state index contributed by atoms with van der Waals surface area (Å²) in [6.45, 7) is 4.33. The van der Waals surface area contributed by atoms with Gasteiger partial charge in [0, 0.05) is 17.3 Å². The number of rotatable bonds is 11. The van der Waals surface area contributed by atoms with Gasteiger partial charge in [0.05, 0.1) is 13.7 Å². The zero-order valence-electron chi connectivity index (χ0n) is 17.4. The van der Waals surface area contributed by atoms with E-state index in [2.05, 4.69) is 12.2 Å². The van der Waals surface area contributed by atoms with Crippen LogP contribution in [0.15, 0.2) is 48.5 Å². The van der Waals surface area contributed by atoms with Gasteiger partial charge in [-0.2, -0.15) is 0 Å². The summed E-state index contributed by atoms with van der Waals surface area (Å²) in [6.07, 6.45) is 7.73. The van der Waals surface area contributed by atoms with Gasteiger partial charge in [0.25, 0.3) is 0 Å². The van der Waals surface area contributed by atoms with E-state index in [9.17, 15) is 9.59 Å². The van der Waals surface area contributed by atoms with Gasteiger partial charge in [-0.15, -0.1) is 0 Å². The third-order valence-corrected chi connectivity index (χ3v) is 4.41. The van der Waals surface area contributed by atoms with Crippen LogP contribution in [-0.4, -0.2) is 25.4 Å². The van der Waals surface area contributed by atoms with Crippen molar-refractivity contribution in [1.29, 1.82) is 0 Å². The number of hydrogen-bond donors (Lipinski definition) is 1. The number of benzene rings is 2. The van der Waals surface area contributed by atoms with Gasteiger partial charge in [0.1, 0.15) is 0 Å². The zero-order valence-corrected chi connectivity index (χ0v) is 17.4. The van der Waals surface area contributed by atoms with Crippen molar-refractivity contribution in [2.45, 2.75) is 39.5 Å². The van der Waals surface area contributed by atoms with E-state index in [0.29, 0.717) is 29.4 Å². The molecular weight excluding hydrogens is 366 g/mol. The van der Waals surface area contributed by atoms with Crippen molar-refractivity contribution in [2.75, 3.05) is 19.0 Å². The number of nitrogens with one attached hydrogen (secondary N) is 1. The van der Waals surface area contributed by atoms with E-state index in [1.165, 1.54) is 25.8 Å². The molecule has 2 aromatic rings. The summed E-state index contributed by atoms with van der Waals surface area (Å²) >= 11 is 0. The van der Waals surface area contributed by atoms with Gasteiger partial charge in [0.15, 0.2) is 17.3 Å². The maximum absolute atomic E-state index is 12.2. The lowest BCUT2D eigenvalue weighted by atomic mass is 10.1. The molecule has 0 aromatic heterocycles. The Hall–Kier alpha value is -3.08. The topological polar surface area (TPSA) is 64.6 Å². The molecule has 29 heavy (non-hydrogen) atoms. The predicted octanol–water partition coefficient (Wildman–Crippen LogP) is 5.51. The lowest BCUT2D eigenvalue weighted by Crippen LogP contribution is -2.08. The van der Waals surface area contributed by atoms with Crippen molar-refractivity contribution in [3.05, 3.63) is 59.7 Å². The first kappa shape index (κ1) is 22.2. The van der Waals surface area contributed by atoms with Crippen molar-refractivity contribution >= 4 is 23.5 Å². The molecule has 0 aliphatic heterocycles. The molecule has 0 atom stereocenters. The molecule has 1 amide bonds. The lowest BCUT2D eigenvalue weighted by molar-refractivity contribution is -0.111. The van der Waals surface area contributed by atoms with Crippen LogP contribution in [0.3, 0.4) is 0 Å². The maximum atomic E-state index is 12.2. The second kappa shape index (κ2) is 11.7. The second-order valence-corrected chi connectivity index (χ2v) is 6.78. The van der Waals surface area contributed by atoms with E-state index >= 15 is 0 Å². The number of hydrogen-bond acceptors (Lipinski definition) is 4. The van der Waals surface area contributed by atoms with Gasteiger partial charge >= 0.3 is 0 Å². The van der Waals surface area contributed by atoms with Crippen molar-refractivity contribution in [2.24, 2.45) is 0 Å². The molecule has 0 aliphatic carbocycles. The van der Waals surface area contributed by atoms with Crippen LogP contribution in [0.25, 0.3) is 6.08 Å². The van der Waals surface area contributed by atoms with Crippen molar-refractivity contribution in [3.63, 3.8) is 0 Å². The molecule has 2 aromatic carbocycles. The fraction of sp³-hybridized carbons (Fsp3) is 0.333. The molecule has 154 valence electrons. The molecule has 0 radical (unpaired) electrons. The normalized spacial score (nSPS) is 10.7. The van der Waals surface area contributed by atoms with Gasteiger partial charge < -0.3 is 14.8 Å². The summed E-state index contributed by atoms with van der Waals surface area (Å²) < 4.78 is 11.2. The SMILES string of the molecule is CCCCCCOc1ccc(/C=C/C(=O)Nc2cccc(C(C)=O)c2)cc1OC. The monoisotopic (exact) mass is 395 g/mol. The molecule has 2 rings (SSSR count). The molecule has 5 nitrogen and oxygen atoms in total. The number of methoxy groups -OCH3 is 1. The van der Waals surface area contributed by atoms with Crippen LogP contribution in [0, 0.1) is 0 Å². The number of ether oxygens (including phenoxy) is 2. The van der Waals surface area contributed by atoms with Crippen LogP contribution in [-0.2, 0) is 4.79 Å². The molecular formula is C24H29NO4. The molecule has 0 bridgehead atoms. The summed E-state index contributed by atoms with van der Waals surface area (Å²) in [7, 11) is 1.60. The van der Waals surface area contributed by atoms with Crippen LogP contribution in [0.1, 0.15) is 55.5 Å². The summed E-state index contributed by atoms with van der Waals surface area (Å²) in [5.74, 6) is 1.01. The molecule has 1 N–H and O–H groups in total. The molecule has 0 unspecified atom stereocenters. The number of carbonyl (C=O) groups excluding carboxylic acids is 2. The molecule has 0 heterocycles. The Labute approximate surface area is 172 Å². The number of unbranched alkanes of at least 4 members (excludes halogenated alkanes) is 3. The Kier molecular flexibility index (Phi) is 8.96. The standard InChI is InChI=1S/C24H29NO4/c1-4-5-6-7-15-29-22-13-11-19(16-23(22)28-3)12-14-24(27)25-21-10-8-9-20(17-21)18(2)26/h8-14,16-17H,4-7,15H2,1-3H3,(H,25,27)/b14-12+. The van der Waals surface area contributed by atoms with E-state index in [-0.39, 0.29) is 11.7 Å². The summed E-state index contributed by atoms with van der Waals surface area (Å²) in [6, 6.07) is 12.4. The molecule has 0 aliphatic rings. The fourth-order valence-corrected chi connectivity index (χ4v) is 2.79. The van der Waals surface area contributed by atoms with Gasteiger partial charge in [-0.05, 0) is 49.2 Å². The quantitative estimate of drug-likeness (QED) is 0.310. The minimum Gasteiger partial charge on any atom is -0.493 e. The fourth-order valence-electron chi connectivity index (χ4n) is 2.79. The van der Waals surface area contributed by atoms with Crippen LogP contribution >= 0.6 is 0 Å². The number of carbonyl (C=O) groups is 2. The van der Waals surface area contributed by atoms with Crippen LogP contribution in [0.5, 0.6) is 11.5 Å². The largest absolute Gasteiger partial charge is 0.493 e. The maximum Gasteiger partial charge on any atom is 0.248 e. The highest BCUT2D eigenvalue weighted by Gasteiger charge is 2.06. The minimum atomic E-state index is -0.277. The average Bonchev–Trinajstić information content (AvgIpc) is 2.72. The highest BCUT2D eigenvalue weighted by atomic mass is 16.5. The highest BCUT2D eigenvalue weighted by Crippen LogP contribution is 2.28. The van der Waals surface area contributed by atoms with Gasteiger partial charge in [-0.1, -0.05) is 44.4 Å². The highest BCUT2D eigenvalue weighted by molar-refractivity contribution is 6.03. The Morgan fingerprint density at radius 2 is 1.86 bits per heavy atom. The first-order valence-corrected chi connectivity index (χ1v) is 9.94. The summed E-state index contributed by atoms with van der Waals surface area (Å²) in [5.41, 5.74) is 1.96. The molecule has 0 saturated carbocycles. The van der Waals surface area contributed by atoms with Crippen molar-refractivity contribution < 1.29 is 19.1 Å². The van der Waals surface area contributed by atoms with E-state index in [4.69, 9.17) is 9.47 Å². The predicted molar refractivity (Wildman–Crippen MR) is 117 cm³/mol. The molecule has 0 saturated heterocycles.